The third-order valence-electron chi connectivity index (χ3n) is 5.35. The lowest BCUT2D eigenvalue weighted by Gasteiger charge is -2.25. The van der Waals surface area contributed by atoms with Gasteiger partial charge < -0.3 is 9.47 Å². The summed E-state index contributed by atoms with van der Waals surface area (Å²) in [4.78, 5) is 14.5. The Kier molecular flexibility index (Phi) is 4.70. The first-order valence-electron chi connectivity index (χ1n) is 9.24. The maximum absolute atomic E-state index is 13.4. The number of carbonyl (C=O) groups is 1. The van der Waals surface area contributed by atoms with E-state index >= 15 is 0 Å². The van der Waals surface area contributed by atoms with Gasteiger partial charge in [-0.1, -0.05) is 0 Å². The molecule has 1 aliphatic carbocycles. The van der Waals surface area contributed by atoms with Crippen molar-refractivity contribution in [3.8, 4) is 0 Å². The van der Waals surface area contributed by atoms with E-state index in [9.17, 15) is 13.6 Å². The van der Waals surface area contributed by atoms with Gasteiger partial charge in [-0.15, -0.1) is 10.2 Å². The van der Waals surface area contributed by atoms with Gasteiger partial charge in [0.2, 0.25) is 0 Å². The van der Waals surface area contributed by atoms with Crippen LogP contribution in [0.4, 0.5) is 8.78 Å². The highest BCUT2D eigenvalue weighted by molar-refractivity contribution is 5.94. The van der Waals surface area contributed by atoms with Gasteiger partial charge in [-0.3, -0.25) is 4.79 Å². The van der Waals surface area contributed by atoms with Crippen molar-refractivity contribution in [3.63, 3.8) is 0 Å². The van der Waals surface area contributed by atoms with Crippen LogP contribution >= 0.6 is 0 Å². The van der Waals surface area contributed by atoms with Crippen molar-refractivity contribution in [2.75, 3.05) is 6.54 Å². The van der Waals surface area contributed by atoms with Gasteiger partial charge in [0, 0.05) is 31.1 Å². The summed E-state index contributed by atoms with van der Waals surface area (Å²) >= 11 is 0. The van der Waals surface area contributed by atoms with E-state index in [1.54, 1.807) is 11.2 Å². The van der Waals surface area contributed by atoms with Crippen LogP contribution < -0.4 is 0 Å². The van der Waals surface area contributed by atoms with Crippen LogP contribution in [0.1, 0.15) is 48.3 Å². The zero-order chi connectivity index (χ0) is 18.1. The van der Waals surface area contributed by atoms with Gasteiger partial charge in [-0.05, 0) is 56.2 Å². The monoisotopic (exact) mass is 360 g/mol. The average molecular weight is 360 g/mol. The summed E-state index contributed by atoms with van der Waals surface area (Å²) in [6, 6.07) is 3.44. The van der Waals surface area contributed by atoms with Crippen molar-refractivity contribution in [2.45, 2.75) is 51.1 Å². The molecule has 1 saturated carbocycles. The molecule has 2 fully saturated rings. The summed E-state index contributed by atoms with van der Waals surface area (Å²) in [6.45, 7) is 1.63. The molecule has 1 atom stereocenters. The highest BCUT2D eigenvalue weighted by atomic mass is 19.2. The maximum Gasteiger partial charge on any atom is 0.254 e. The second-order valence-electron chi connectivity index (χ2n) is 7.31. The molecule has 4 rings (SSSR count). The van der Waals surface area contributed by atoms with E-state index in [0.717, 1.165) is 56.1 Å². The highest BCUT2D eigenvalue weighted by Gasteiger charge is 2.30. The molecule has 0 bridgehead atoms. The molecule has 1 unspecified atom stereocenters. The Morgan fingerprint density at radius 1 is 1.19 bits per heavy atom. The predicted molar refractivity (Wildman–Crippen MR) is 91.5 cm³/mol. The van der Waals surface area contributed by atoms with Crippen LogP contribution in [0.15, 0.2) is 24.5 Å². The van der Waals surface area contributed by atoms with E-state index in [4.69, 9.17) is 0 Å². The van der Waals surface area contributed by atoms with Crippen LogP contribution in [-0.4, -0.2) is 38.2 Å². The molecule has 26 heavy (non-hydrogen) atoms. The molecular weight excluding hydrogens is 338 g/mol. The number of benzene rings is 1. The molecule has 1 saturated heterocycles. The van der Waals surface area contributed by atoms with Gasteiger partial charge in [0.25, 0.3) is 5.91 Å². The van der Waals surface area contributed by atoms with Crippen LogP contribution in [0.25, 0.3) is 0 Å². The first kappa shape index (κ1) is 17.1. The van der Waals surface area contributed by atoms with E-state index < -0.39 is 11.6 Å². The van der Waals surface area contributed by atoms with Gasteiger partial charge in [0.05, 0.1) is 0 Å². The van der Waals surface area contributed by atoms with Crippen LogP contribution in [0.2, 0.25) is 0 Å². The van der Waals surface area contributed by atoms with E-state index in [-0.39, 0.29) is 17.5 Å². The number of halogens is 2. The van der Waals surface area contributed by atoms with Crippen LogP contribution in [-0.2, 0) is 13.0 Å². The summed E-state index contributed by atoms with van der Waals surface area (Å²) in [5.74, 6) is -0.438. The van der Waals surface area contributed by atoms with Crippen LogP contribution in [0, 0.1) is 17.6 Å². The van der Waals surface area contributed by atoms with E-state index in [1.807, 2.05) is 0 Å². The number of rotatable bonds is 6. The lowest BCUT2D eigenvalue weighted by atomic mass is 10.1. The van der Waals surface area contributed by atoms with E-state index in [2.05, 4.69) is 14.8 Å². The fourth-order valence-corrected chi connectivity index (χ4v) is 3.70. The van der Waals surface area contributed by atoms with Crippen molar-refractivity contribution in [1.29, 1.82) is 0 Å². The fourth-order valence-electron chi connectivity index (χ4n) is 3.70. The fraction of sp³-hybridized carbons (Fsp3) is 0.526. The van der Waals surface area contributed by atoms with Crippen LogP contribution in [0.5, 0.6) is 0 Å². The Morgan fingerprint density at radius 3 is 2.81 bits per heavy atom. The third-order valence-corrected chi connectivity index (χ3v) is 5.35. The Balaban J connectivity index is 1.40. The molecule has 1 aromatic carbocycles. The normalized spacial score (nSPS) is 19.9. The molecule has 0 radical (unpaired) electrons. The second kappa shape index (κ2) is 7.13. The molecule has 1 aliphatic heterocycles. The molecule has 0 spiro atoms. The molecule has 1 amide bonds. The smallest absolute Gasteiger partial charge is 0.254 e. The Hall–Kier alpha value is -2.31. The Bertz CT molecular complexity index is 803. The number of amides is 1. The standard InChI is InChI=1S/C19H22F2N4O/c20-16-7-5-14(10-17(16)21)19(26)25-9-1-2-15(25)6-8-18-23-22-12-24(18)11-13-3-4-13/h5,7,10,12-13,15H,1-4,6,8-9,11H2. The summed E-state index contributed by atoms with van der Waals surface area (Å²) < 4.78 is 28.7. The molecule has 2 aromatic rings. The van der Waals surface area contributed by atoms with Gasteiger partial charge in [0.15, 0.2) is 11.6 Å². The van der Waals surface area contributed by atoms with E-state index in [0.29, 0.717) is 6.54 Å². The largest absolute Gasteiger partial charge is 0.336 e. The van der Waals surface area contributed by atoms with Gasteiger partial charge in [-0.25, -0.2) is 8.78 Å². The average Bonchev–Trinajstić information content (AvgIpc) is 3.14. The zero-order valence-corrected chi connectivity index (χ0v) is 14.6. The van der Waals surface area contributed by atoms with Gasteiger partial charge >= 0.3 is 0 Å². The molecule has 0 N–H and O–H groups in total. The topological polar surface area (TPSA) is 51.0 Å². The molecule has 1 aromatic heterocycles. The minimum absolute atomic E-state index is 0.0988. The van der Waals surface area contributed by atoms with E-state index in [1.165, 1.54) is 18.9 Å². The van der Waals surface area contributed by atoms with Crippen molar-refractivity contribution >= 4 is 5.91 Å². The number of carbonyl (C=O) groups excluding carboxylic acids is 1. The number of aromatic nitrogens is 3. The minimum Gasteiger partial charge on any atom is -0.336 e. The summed E-state index contributed by atoms with van der Waals surface area (Å²) in [5, 5.41) is 8.25. The van der Waals surface area contributed by atoms with Crippen molar-refractivity contribution in [2.24, 2.45) is 5.92 Å². The highest BCUT2D eigenvalue weighted by Crippen LogP contribution is 2.31. The number of nitrogens with zero attached hydrogens (tertiary/aromatic N) is 4. The van der Waals surface area contributed by atoms with Crippen molar-refractivity contribution in [1.82, 2.24) is 19.7 Å². The number of aryl methyl sites for hydroxylation is 1. The number of likely N-dealkylation sites (tertiary alicyclic amines) is 1. The predicted octanol–water partition coefficient (Wildman–Crippen LogP) is 3.20. The maximum atomic E-state index is 13.4. The van der Waals surface area contributed by atoms with Crippen molar-refractivity contribution < 1.29 is 13.6 Å². The Morgan fingerprint density at radius 2 is 2.04 bits per heavy atom. The lowest BCUT2D eigenvalue weighted by molar-refractivity contribution is 0.0729. The minimum atomic E-state index is -0.986. The summed E-state index contributed by atoms with van der Waals surface area (Å²) in [7, 11) is 0. The SMILES string of the molecule is O=C(c1ccc(F)c(F)c1)N1CCCC1CCc1nncn1CC1CC1. The zero-order valence-electron chi connectivity index (χ0n) is 14.6. The van der Waals surface area contributed by atoms with Gasteiger partial charge in [0.1, 0.15) is 12.2 Å². The molecule has 138 valence electrons. The first-order valence-corrected chi connectivity index (χ1v) is 9.24. The number of hydrogen-bond acceptors (Lipinski definition) is 3. The van der Waals surface area contributed by atoms with Gasteiger partial charge in [-0.2, -0.15) is 0 Å². The first-order chi connectivity index (χ1) is 12.6. The third kappa shape index (κ3) is 3.61. The molecule has 2 heterocycles. The van der Waals surface area contributed by atoms with Crippen LogP contribution in [0.3, 0.4) is 0 Å². The molecular formula is C19H22F2N4O. The summed E-state index contributed by atoms with van der Waals surface area (Å²) in [6.07, 6.45) is 7.75. The lowest BCUT2D eigenvalue weighted by Crippen LogP contribution is -2.36. The molecule has 2 aliphatic rings. The summed E-state index contributed by atoms with van der Waals surface area (Å²) in [5.41, 5.74) is 0.202. The van der Waals surface area contributed by atoms with Crippen molar-refractivity contribution in [3.05, 3.63) is 47.5 Å². The number of hydrogen-bond donors (Lipinski definition) is 0. The molecule has 5 nitrogen and oxygen atoms in total. The Labute approximate surface area is 151 Å². The molecule has 7 heteroatoms. The quantitative estimate of drug-likeness (QED) is 0.795. The second-order valence-corrected chi connectivity index (χ2v) is 7.31.